The van der Waals surface area contributed by atoms with E-state index < -0.39 is 0 Å². The average molecular weight is 129 g/mol. The Hall–Kier alpha value is -0.530. The van der Waals surface area contributed by atoms with E-state index in [1.807, 2.05) is 27.7 Å². The fraction of sp³-hybridized carbons (Fsp3) is 0.857. The second kappa shape index (κ2) is 2.85. The molecule has 0 aromatic carbocycles. The molecule has 0 aliphatic carbocycles. The van der Waals surface area contributed by atoms with E-state index in [-0.39, 0.29) is 5.41 Å². The van der Waals surface area contributed by atoms with E-state index in [2.05, 4.69) is 5.16 Å². The van der Waals surface area contributed by atoms with Crippen molar-refractivity contribution in [1.82, 2.24) is 0 Å². The van der Waals surface area contributed by atoms with Crippen LogP contribution in [0.3, 0.4) is 0 Å². The lowest BCUT2D eigenvalue weighted by Gasteiger charge is -2.17. The first-order chi connectivity index (χ1) is 4.02. The number of nitrogens with zero attached hydrogens (tertiary/aromatic N) is 1. The quantitative estimate of drug-likeness (QED) is 0.329. The van der Waals surface area contributed by atoms with Crippen molar-refractivity contribution in [2.75, 3.05) is 0 Å². The Kier molecular flexibility index (Phi) is 2.68. The average Bonchev–Trinajstić information content (AvgIpc) is 1.65. The van der Waals surface area contributed by atoms with Crippen LogP contribution in [0.15, 0.2) is 5.16 Å². The molecule has 0 heterocycles. The number of hydrogen-bond acceptors (Lipinski definition) is 2. The van der Waals surface area contributed by atoms with Crippen LogP contribution in [0, 0.1) is 5.41 Å². The molecule has 0 aromatic heterocycles. The summed E-state index contributed by atoms with van der Waals surface area (Å²) in [6.07, 6.45) is 0.819. The molecule has 0 rings (SSSR count). The highest BCUT2D eigenvalue weighted by atomic mass is 16.4. The summed E-state index contributed by atoms with van der Waals surface area (Å²) in [5.41, 5.74) is 0.867. The molecule has 1 N–H and O–H groups in total. The van der Waals surface area contributed by atoms with E-state index >= 15 is 0 Å². The van der Waals surface area contributed by atoms with E-state index in [0.29, 0.717) is 0 Å². The van der Waals surface area contributed by atoms with Gasteiger partial charge in [-0.05, 0) is 6.42 Å². The van der Waals surface area contributed by atoms with E-state index in [0.717, 1.165) is 12.1 Å². The molecule has 0 saturated carbocycles. The Morgan fingerprint density at radius 1 is 1.44 bits per heavy atom. The maximum Gasteiger partial charge on any atom is 0.0621 e. The van der Waals surface area contributed by atoms with Gasteiger partial charge in [0, 0.05) is 5.41 Å². The second-order valence-corrected chi connectivity index (χ2v) is 3.15. The first-order valence-electron chi connectivity index (χ1n) is 3.23. The van der Waals surface area contributed by atoms with Crippen molar-refractivity contribution in [3.05, 3.63) is 0 Å². The molecule has 0 aliphatic rings. The molecule has 0 bridgehead atoms. The lowest BCUT2D eigenvalue weighted by molar-refractivity contribution is 0.309. The van der Waals surface area contributed by atoms with Crippen LogP contribution in [0.25, 0.3) is 0 Å². The Morgan fingerprint density at radius 2 is 1.89 bits per heavy atom. The van der Waals surface area contributed by atoms with Gasteiger partial charge in [0.05, 0.1) is 5.71 Å². The van der Waals surface area contributed by atoms with Gasteiger partial charge >= 0.3 is 0 Å². The summed E-state index contributed by atoms with van der Waals surface area (Å²) < 4.78 is 0. The Labute approximate surface area is 56.6 Å². The third kappa shape index (κ3) is 2.49. The van der Waals surface area contributed by atoms with Crippen molar-refractivity contribution in [1.29, 1.82) is 0 Å². The fourth-order valence-corrected chi connectivity index (χ4v) is 0.751. The van der Waals surface area contributed by atoms with Crippen molar-refractivity contribution < 1.29 is 5.21 Å². The van der Waals surface area contributed by atoms with Gasteiger partial charge in [0.1, 0.15) is 0 Å². The van der Waals surface area contributed by atoms with Crippen LogP contribution in [0.4, 0.5) is 0 Å². The van der Waals surface area contributed by atoms with Gasteiger partial charge in [0.15, 0.2) is 0 Å². The smallest absolute Gasteiger partial charge is 0.0621 e. The maximum absolute atomic E-state index is 8.45. The van der Waals surface area contributed by atoms with Crippen LogP contribution in [-0.2, 0) is 0 Å². The summed E-state index contributed by atoms with van der Waals surface area (Å²) in [6, 6.07) is 0. The van der Waals surface area contributed by atoms with Crippen molar-refractivity contribution in [2.45, 2.75) is 34.1 Å². The van der Waals surface area contributed by atoms with E-state index in [1.165, 1.54) is 0 Å². The van der Waals surface area contributed by atoms with Crippen LogP contribution in [-0.4, -0.2) is 10.9 Å². The van der Waals surface area contributed by atoms with Crippen molar-refractivity contribution in [3.8, 4) is 0 Å². The van der Waals surface area contributed by atoms with Gasteiger partial charge in [-0.2, -0.15) is 0 Å². The van der Waals surface area contributed by atoms with Gasteiger partial charge in [-0.15, -0.1) is 0 Å². The van der Waals surface area contributed by atoms with Crippen molar-refractivity contribution >= 4 is 5.71 Å². The highest BCUT2D eigenvalue weighted by Crippen LogP contribution is 2.17. The molecule has 0 spiro atoms. The van der Waals surface area contributed by atoms with Crippen LogP contribution in [0.2, 0.25) is 0 Å². The van der Waals surface area contributed by atoms with Gasteiger partial charge in [0.25, 0.3) is 0 Å². The van der Waals surface area contributed by atoms with Crippen LogP contribution >= 0.6 is 0 Å². The minimum Gasteiger partial charge on any atom is -0.411 e. The van der Waals surface area contributed by atoms with Gasteiger partial charge < -0.3 is 5.21 Å². The summed E-state index contributed by atoms with van der Waals surface area (Å²) in [7, 11) is 0. The SMILES string of the molecule is CC/C(=N\O)C(C)(C)C. The number of rotatable bonds is 1. The molecule has 0 unspecified atom stereocenters. The standard InChI is InChI=1S/C7H15NO/c1-5-6(8-9)7(2,3)4/h9H,5H2,1-4H3/b8-6+. The molecule has 0 radical (unpaired) electrons. The molecule has 9 heavy (non-hydrogen) atoms. The van der Waals surface area contributed by atoms with Gasteiger partial charge in [0.2, 0.25) is 0 Å². The van der Waals surface area contributed by atoms with Crippen molar-refractivity contribution in [2.24, 2.45) is 10.6 Å². The molecular weight excluding hydrogens is 114 g/mol. The normalized spacial score (nSPS) is 14.0. The van der Waals surface area contributed by atoms with Crippen LogP contribution in [0.1, 0.15) is 34.1 Å². The summed E-state index contributed by atoms with van der Waals surface area (Å²) in [5.74, 6) is 0. The highest BCUT2D eigenvalue weighted by molar-refractivity contribution is 5.88. The van der Waals surface area contributed by atoms with Gasteiger partial charge in [-0.3, -0.25) is 0 Å². The lowest BCUT2D eigenvalue weighted by Crippen LogP contribution is -2.19. The Morgan fingerprint density at radius 3 is 1.89 bits per heavy atom. The molecule has 0 aromatic rings. The largest absolute Gasteiger partial charge is 0.411 e. The van der Waals surface area contributed by atoms with Gasteiger partial charge in [-0.1, -0.05) is 32.9 Å². The van der Waals surface area contributed by atoms with Crippen LogP contribution < -0.4 is 0 Å². The summed E-state index contributed by atoms with van der Waals surface area (Å²) in [4.78, 5) is 0. The monoisotopic (exact) mass is 129 g/mol. The Bertz CT molecular complexity index is 111. The van der Waals surface area contributed by atoms with Crippen molar-refractivity contribution in [3.63, 3.8) is 0 Å². The number of oxime groups is 1. The van der Waals surface area contributed by atoms with Gasteiger partial charge in [-0.25, -0.2) is 0 Å². The molecule has 0 saturated heterocycles. The summed E-state index contributed by atoms with van der Waals surface area (Å²) >= 11 is 0. The van der Waals surface area contributed by atoms with E-state index in [1.54, 1.807) is 0 Å². The van der Waals surface area contributed by atoms with E-state index in [4.69, 9.17) is 5.21 Å². The van der Waals surface area contributed by atoms with E-state index in [9.17, 15) is 0 Å². The Balaban J connectivity index is 4.14. The zero-order valence-electron chi connectivity index (χ0n) is 6.60. The zero-order chi connectivity index (χ0) is 7.49. The topological polar surface area (TPSA) is 32.6 Å². The first kappa shape index (κ1) is 8.47. The fourth-order valence-electron chi connectivity index (χ4n) is 0.751. The molecular formula is C7H15NO. The minimum absolute atomic E-state index is 0.0174. The predicted octanol–water partition coefficient (Wildman–Crippen LogP) is 2.27. The summed E-state index contributed by atoms with van der Waals surface area (Å²) in [5, 5.41) is 11.6. The molecule has 54 valence electrons. The molecule has 0 aliphatic heterocycles. The number of hydrogen-bond donors (Lipinski definition) is 1. The maximum atomic E-state index is 8.45. The third-order valence-corrected chi connectivity index (χ3v) is 1.32. The zero-order valence-corrected chi connectivity index (χ0v) is 6.60. The van der Waals surface area contributed by atoms with Crippen LogP contribution in [0.5, 0.6) is 0 Å². The third-order valence-electron chi connectivity index (χ3n) is 1.32. The molecule has 0 atom stereocenters. The molecule has 0 amide bonds. The molecule has 0 fully saturated rings. The molecule has 2 nitrogen and oxygen atoms in total. The second-order valence-electron chi connectivity index (χ2n) is 3.15. The lowest BCUT2D eigenvalue weighted by atomic mass is 9.89. The first-order valence-corrected chi connectivity index (χ1v) is 3.23. The highest BCUT2D eigenvalue weighted by Gasteiger charge is 2.16. The summed E-state index contributed by atoms with van der Waals surface area (Å²) in [6.45, 7) is 8.09. The molecule has 2 heteroatoms. The predicted molar refractivity (Wildman–Crippen MR) is 39.0 cm³/mol. The minimum atomic E-state index is 0.0174.